The number of methoxy groups -OCH3 is 4. The van der Waals surface area contributed by atoms with Gasteiger partial charge in [0.15, 0.2) is 17.3 Å². The number of carbonyl (C=O) groups is 3. The molecule has 0 N–H and O–H groups in total. The molecule has 0 aliphatic carbocycles. The predicted molar refractivity (Wildman–Crippen MR) is 130 cm³/mol. The highest BCUT2D eigenvalue weighted by atomic mass is 16.5. The van der Waals surface area contributed by atoms with E-state index >= 15 is 0 Å². The molecule has 4 rings (SSSR count). The molecule has 0 saturated carbocycles. The predicted octanol–water partition coefficient (Wildman–Crippen LogP) is 2.91. The minimum atomic E-state index is -0.959. The number of piperidine rings is 1. The second kappa shape index (κ2) is 10.6. The van der Waals surface area contributed by atoms with Crippen molar-refractivity contribution in [3.8, 4) is 23.0 Å². The van der Waals surface area contributed by atoms with E-state index < -0.39 is 18.0 Å². The summed E-state index contributed by atoms with van der Waals surface area (Å²) >= 11 is 0. The van der Waals surface area contributed by atoms with Gasteiger partial charge in [-0.2, -0.15) is 0 Å². The molecule has 2 aliphatic heterocycles. The summed E-state index contributed by atoms with van der Waals surface area (Å²) < 4.78 is 28.8. The maximum Gasteiger partial charge on any atom is 0.224 e. The molecule has 0 radical (unpaired) electrons. The van der Waals surface area contributed by atoms with Gasteiger partial charge in [0, 0.05) is 24.0 Å². The summed E-state index contributed by atoms with van der Waals surface area (Å²) in [7, 11) is 5.99. The SMILES string of the molecule is COc1c2c(c(OC)c(OC)c1OC)[C@H](COCc1ccccc1)N1C(=O)CC(C(C)=O)C(=O)[C@@H]1C2. The molecule has 36 heavy (non-hydrogen) atoms. The molecule has 9 heteroatoms. The number of ketones is 2. The number of rotatable bonds is 9. The average Bonchev–Trinajstić information content (AvgIpc) is 2.89. The Kier molecular flexibility index (Phi) is 7.49. The Bertz CT molecular complexity index is 1160. The van der Waals surface area contributed by atoms with E-state index in [1.54, 1.807) is 4.90 Å². The van der Waals surface area contributed by atoms with Crippen LogP contribution in [0.3, 0.4) is 0 Å². The molecule has 2 aliphatic rings. The first-order valence-corrected chi connectivity index (χ1v) is 11.7. The molecule has 3 atom stereocenters. The monoisotopic (exact) mass is 497 g/mol. The highest BCUT2D eigenvalue weighted by molar-refractivity contribution is 6.10. The number of ether oxygens (including phenoxy) is 5. The first-order chi connectivity index (χ1) is 17.4. The molecule has 0 bridgehead atoms. The van der Waals surface area contributed by atoms with Gasteiger partial charge in [0.05, 0.1) is 59.7 Å². The number of hydrogen-bond donors (Lipinski definition) is 0. The average molecular weight is 498 g/mol. The molecule has 2 aromatic carbocycles. The van der Waals surface area contributed by atoms with Crippen LogP contribution in [0.25, 0.3) is 0 Å². The third kappa shape index (κ3) is 4.28. The van der Waals surface area contributed by atoms with Crippen molar-refractivity contribution in [1.82, 2.24) is 4.90 Å². The quantitative estimate of drug-likeness (QED) is 0.488. The van der Waals surface area contributed by atoms with Gasteiger partial charge in [-0.3, -0.25) is 14.4 Å². The number of nitrogens with zero attached hydrogens (tertiary/aromatic N) is 1. The second-order valence-electron chi connectivity index (χ2n) is 8.83. The molecule has 0 aromatic heterocycles. The van der Waals surface area contributed by atoms with E-state index in [1.165, 1.54) is 35.4 Å². The van der Waals surface area contributed by atoms with Crippen molar-refractivity contribution in [3.05, 3.63) is 47.0 Å². The summed E-state index contributed by atoms with van der Waals surface area (Å²) in [6.45, 7) is 1.76. The van der Waals surface area contributed by atoms with Gasteiger partial charge in [0.25, 0.3) is 0 Å². The minimum Gasteiger partial charge on any atom is -0.492 e. The van der Waals surface area contributed by atoms with Crippen LogP contribution in [0.2, 0.25) is 0 Å². The number of carbonyl (C=O) groups excluding carboxylic acids is 3. The van der Waals surface area contributed by atoms with Gasteiger partial charge >= 0.3 is 0 Å². The lowest BCUT2D eigenvalue weighted by Gasteiger charge is -2.47. The molecular weight excluding hydrogens is 466 g/mol. The van der Waals surface area contributed by atoms with Gasteiger partial charge in [0.1, 0.15) is 5.78 Å². The van der Waals surface area contributed by atoms with Crippen LogP contribution in [0.15, 0.2) is 30.3 Å². The van der Waals surface area contributed by atoms with E-state index in [1.807, 2.05) is 30.3 Å². The molecule has 192 valence electrons. The van der Waals surface area contributed by atoms with Crippen molar-refractivity contribution in [2.75, 3.05) is 35.0 Å². The topological polar surface area (TPSA) is 101 Å². The normalized spacial score (nSPS) is 20.9. The Morgan fingerprint density at radius 3 is 2.08 bits per heavy atom. The largest absolute Gasteiger partial charge is 0.492 e. The Hall–Kier alpha value is -3.59. The smallest absolute Gasteiger partial charge is 0.224 e. The highest BCUT2D eigenvalue weighted by Gasteiger charge is 2.51. The first-order valence-electron chi connectivity index (χ1n) is 11.7. The third-order valence-electron chi connectivity index (χ3n) is 6.90. The molecule has 1 fully saturated rings. The fourth-order valence-electron chi connectivity index (χ4n) is 5.29. The van der Waals surface area contributed by atoms with Gasteiger partial charge in [-0.1, -0.05) is 30.3 Å². The van der Waals surface area contributed by atoms with E-state index in [0.717, 1.165) is 5.56 Å². The zero-order chi connectivity index (χ0) is 26.0. The number of amides is 1. The Morgan fingerprint density at radius 2 is 1.50 bits per heavy atom. The maximum atomic E-state index is 13.4. The van der Waals surface area contributed by atoms with Crippen LogP contribution in [0, 0.1) is 5.92 Å². The van der Waals surface area contributed by atoms with Gasteiger partial charge in [-0.15, -0.1) is 0 Å². The summed E-state index contributed by atoms with van der Waals surface area (Å²) in [4.78, 5) is 40.6. The lowest BCUT2D eigenvalue weighted by Crippen LogP contribution is -2.59. The Labute approximate surface area is 210 Å². The molecule has 2 heterocycles. The van der Waals surface area contributed by atoms with Crippen LogP contribution in [-0.4, -0.2) is 63.5 Å². The number of benzene rings is 2. The molecule has 1 unspecified atom stereocenters. The molecule has 1 saturated heterocycles. The van der Waals surface area contributed by atoms with E-state index in [-0.39, 0.29) is 36.9 Å². The Balaban J connectivity index is 1.86. The lowest BCUT2D eigenvalue weighted by atomic mass is 9.77. The minimum absolute atomic E-state index is 0.0944. The number of fused-ring (bicyclic) bond motifs is 2. The fourth-order valence-corrected chi connectivity index (χ4v) is 5.29. The lowest BCUT2D eigenvalue weighted by molar-refractivity contribution is -0.157. The maximum absolute atomic E-state index is 13.4. The van der Waals surface area contributed by atoms with E-state index in [9.17, 15) is 14.4 Å². The van der Waals surface area contributed by atoms with Gasteiger partial charge in [-0.05, 0) is 12.5 Å². The molecule has 9 nitrogen and oxygen atoms in total. The van der Waals surface area contributed by atoms with Crippen LogP contribution in [0.5, 0.6) is 23.0 Å². The van der Waals surface area contributed by atoms with Crippen molar-refractivity contribution in [1.29, 1.82) is 0 Å². The van der Waals surface area contributed by atoms with Crippen molar-refractivity contribution in [3.63, 3.8) is 0 Å². The van der Waals surface area contributed by atoms with Crippen molar-refractivity contribution in [2.24, 2.45) is 5.92 Å². The summed E-state index contributed by atoms with van der Waals surface area (Å²) in [5.74, 6) is -0.419. The van der Waals surface area contributed by atoms with Crippen LogP contribution in [0.1, 0.15) is 36.1 Å². The van der Waals surface area contributed by atoms with E-state index in [0.29, 0.717) is 40.7 Å². The summed E-state index contributed by atoms with van der Waals surface area (Å²) in [5.41, 5.74) is 2.27. The molecule has 1 amide bonds. The molecule has 2 aromatic rings. The summed E-state index contributed by atoms with van der Waals surface area (Å²) in [6.07, 6.45) is -0.0132. The van der Waals surface area contributed by atoms with Crippen LogP contribution in [0.4, 0.5) is 0 Å². The van der Waals surface area contributed by atoms with E-state index in [4.69, 9.17) is 23.7 Å². The fraction of sp³-hybridized carbons (Fsp3) is 0.444. The standard InChI is InChI=1S/C27H31NO8/c1-15(29)17-12-21(30)28-19(23(17)31)11-18-22(20(28)14-36-13-16-9-7-6-8-10-16)25(33-3)27(35-5)26(34-4)24(18)32-2/h6-10,17,19-20H,11-14H2,1-5H3/t17?,19-,20-/m0/s1. The van der Waals surface area contributed by atoms with Crippen molar-refractivity contribution < 1.29 is 38.1 Å². The van der Waals surface area contributed by atoms with E-state index in [2.05, 4.69) is 0 Å². The second-order valence-corrected chi connectivity index (χ2v) is 8.83. The van der Waals surface area contributed by atoms with Crippen LogP contribution < -0.4 is 18.9 Å². The summed E-state index contributed by atoms with van der Waals surface area (Å²) in [5, 5.41) is 0. The zero-order valence-corrected chi connectivity index (χ0v) is 21.2. The van der Waals surface area contributed by atoms with Gasteiger partial charge in [-0.25, -0.2) is 0 Å². The number of Topliss-reactive ketones (excluding diaryl/α,β-unsaturated/α-hetero) is 2. The molecular formula is C27H31NO8. The van der Waals surface area contributed by atoms with Crippen molar-refractivity contribution in [2.45, 2.75) is 38.5 Å². The van der Waals surface area contributed by atoms with Crippen LogP contribution in [-0.2, 0) is 32.1 Å². The third-order valence-corrected chi connectivity index (χ3v) is 6.90. The highest BCUT2D eigenvalue weighted by Crippen LogP contribution is 2.55. The van der Waals surface area contributed by atoms with Gasteiger partial charge in [0.2, 0.25) is 17.4 Å². The van der Waals surface area contributed by atoms with Crippen molar-refractivity contribution >= 4 is 17.5 Å². The zero-order valence-electron chi connectivity index (χ0n) is 21.2. The first kappa shape index (κ1) is 25.5. The number of hydrogen-bond acceptors (Lipinski definition) is 8. The van der Waals surface area contributed by atoms with Gasteiger partial charge < -0.3 is 28.6 Å². The van der Waals surface area contributed by atoms with Crippen LogP contribution >= 0.6 is 0 Å². The Morgan fingerprint density at radius 1 is 0.889 bits per heavy atom. The molecule has 0 spiro atoms. The summed E-state index contributed by atoms with van der Waals surface area (Å²) in [6, 6.07) is 8.15.